The lowest BCUT2D eigenvalue weighted by atomic mass is 10.0. The molecule has 0 radical (unpaired) electrons. The fourth-order valence-corrected chi connectivity index (χ4v) is 3.37. The number of ether oxygens (including phenoxy) is 1. The number of aryl methyl sites for hydroxylation is 1. The van der Waals surface area contributed by atoms with Crippen molar-refractivity contribution in [2.45, 2.75) is 45.4 Å². The van der Waals surface area contributed by atoms with Crippen molar-refractivity contribution in [1.29, 1.82) is 0 Å². The molecule has 0 heterocycles. The van der Waals surface area contributed by atoms with E-state index in [-0.39, 0.29) is 16.3 Å². The van der Waals surface area contributed by atoms with Gasteiger partial charge in [0.2, 0.25) is 5.75 Å². The molecular formula is C24H21F5O2. The maximum atomic E-state index is 14.4. The van der Waals surface area contributed by atoms with Gasteiger partial charge in [-0.1, -0.05) is 38.7 Å². The molecule has 0 bridgehead atoms. The van der Waals surface area contributed by atoms with Crippen LogP contribution < -0.4 is 4.74 Å². The van der Waals surface area contributed by atoms with Gasteiger partial charge >= 0.3 is 5.97 Å². The maximum absolute atomic E-state index is 14.4. The van der Waals surface area contributed by atoms with Gasteiger partial charge < -0.3 is 4.74 Å². The van der Waals surface area contributed by atoms with Crippen molar-refractivity contribution in [2.75, 3.05) is 0 Å². The molecule has 3 rings (SSSR count). The smallest absolute Gasteiger partial charge is 0.343 e. The summed E-state index contributed by atoms with van der Waals surface area (Å²) in [5.74, 6) is -8.44. The third kappa shape index (κ3) is 5.21. The van der Waals surface area contributed by atoms with Crippen molar-refractivity contribution in [1.82, 2.24) is 0 Å². The van der Waals surface area contributed by atoms with E-state index in [2.05, 4.69) is 6.92 Å². The molecule has 31 heavy (non-hydrogen) atoms. The van der Waals surface area contributed by atoms with Crippen molar-refractivity contribution < 1.29 is 31.5 Å². The zero-order valence-corrected chi connectivity index (χ0v) is 16.9. The summed E-state index contributed by atoms with van der Waals surface area (Å²) in [7, 11) is 0. The highest BCUT2D eigenvalue weighted by Crippen LogP contribution is 2.27. The molecular weight excluding hydrogens is 415 g/mol. The number of esters is 1. The van der Waals surface area contributed by atoms with Crippen LogP contribution in [0.3, 0.4) is 0 Å². The SMILES string of the molecule is CCCCCCCc1cc(F)c(OC(=O)c2ccc3c(F)c(F)c(F)cc3c2)c(F)c1. The molecule has 0 unspecified atom stereocenters. The van der Waals surface area contributed by atoms with Gasteiger partial charge in [-0.25, -0.2) is 26.7 Å². The van der Waals surface area contributed by atoms with Gasteiger partial charge in [-0.05, 0) is 54.1 Å². The summed E-state index contributed by atoms with van der Waals surface area (Å²) in [5, 5.41) is -0.332. The van der Waals surface area contributed by atoms with Gasteiger partial charge in [0.25, 0.3) is 0 Å². The Kier molecular flexibility index (Phi) is 7.25. The van der Waals surface area contributed by atoms with Crippen LogP contribution in [0.2, 0.25) is 0 Å². The minimum atomic E-state index is -1.63. The number of fused-ring (bicyclic) bond motifs is 1. The summed E-state index contributed by atoms with van der Waals surface area (Å²) in [4.78, 5) is 12.3. The van der Waals surface area contributed by atoms with Crippen LogP contribution in [0.4, 0.5) is 22.0 Å². The molecule has 0 N–H and O–H groups in total. The molecule has 0 fully saturated rings. The van der Waals surface area contributed by atoms with Crippen molar-refractivity contribution in [2.24, 2.45) is 0 Å². The van der Waals surface area contributed by atoms with Crippen LogP contribution in [-0.2, 0) is 6.42 Å². The van der Waals surface area contributed by atoms with E-state index >= 15 is 0 Å². The molecule has 0 amide bonds. The molecule has 0 saturated heterocycles. The highest BCUT2D eigenvalue weighted by atomic mass is 19.2. The Labute approximate surface area is 176 Å². The van der Waals surface area contributed by atoms with Crippen LogP contribution in [0.25, 0.3) is 10.8 Å². The number of carbonyl (C=O) groups is 1. The van der Waals surface area contributed by atoms with Crippen LogP contribution in [0.15, 0.2) is 36.4 Å². The number of carbonyl (C=O) groups excluding carboxylic acids is 1. The van der Waals surface area contributed by atoms with Crippen LogP contribution >= 0.6 is 0 Å². The molecule has 0 aliphatic heterocycles. The maximum Gasteiger partial charge on any atom is 0.343 e. The second-order valence-electron chi connectivity index (χ2n) is 7.36. The summed E-state index contributed by atoms with van der Waals surface area (Å²) in [5.41, 5.74) is 0.265. The Morgan fingerprint density at radius 2 is 1.48 bits per heavy atom. The van der Waals surface area contributed by atoms with Gasteiger partial charge in [0, 0.05) is 5.39 Å². The van der Waals surface area contributed by atoms with Gasteiger partial charge in [0.1, 0.15) is 0 Å². The zero-order chi connectivity index (χ0) is 22.5. The lowest BCUT2D eigenvalue weighted by Crippen LogP contribution is -2.11. The third-order valence-corrected chi connectivity index (χ3v) is 5.03. The zero-order valence-electron chi connectivity index (χ0n) is 16.9. The Balaban J connectivity index is 1.76. The van der Waals surface area contributed by atoms with E-state index in [1.165, 1.54) is 0 Å². The van der Waals surface area contributed by atoms with E-state index in [4.69, 9.17) is 4.74 Å². The van der Waals surface area contributed by atoms with E-state index in [9.17, 15) is 26.7 Å². The minimum absolute atomic E-state index is 0.0924. The lowest BCUT2D eigenvalue weighted by molar-refractivity contribution is 0.0720. The first kappa shape index (κ1) is 22.7. The number of benzene rings is 3. The van der Waals surface area contributed by atoms with E-state index in [0.717, 1.165) is 68.5 Å². The lowest BCUT2D eigenvalue weighted by Gasteiger charge is -2.10. The van der Waals surface area contributed by atoms with Crippen molar-refractivity contribution in [3.05, 3.63) is 76.6 Å². The highest BCUT2D eigenvalue weighted by molar-refractivity contribution is 5.96. The second-order valence-corrected chi connectivity index (χ2v) is 7.36. The second kappa shape index (κ2) is 9.90. The Bertz CT molecular complexity index is 1090. The first-order valence-electron chi connectivity index (χ1n) is 10.1. The average molecular weight is 436 g/mol. The Morgan fingerprint density at radius 3 is 2.16 bits per heavy atom. The van der Waals surface area contributed by atoms with E-state index in [1.807, 2.05) is 0 Å². The molecule has 0 aliphatic rings. The molecule has 0 aliphatic carbocycles. The van der Waals surface area contributed by atoms with Crippen LogP contribution in [-0.4, -0.2) is 5.97 Å². The van der Waals surface area contributed by atoms with E-state index in [0.29, 0.717) is 12.0 Å². The van der Waals surface area contributed by atoms with Gasteiger partial charge in [0.15, 0.2) is 29.1 Å². The molecule has 7 heteroatoms. The van der Waals surface area contributed by atoms with Crippen LogP contribution in [0.5, 0.6) is 5.75 Å². The summed E-state index contributed by atoms with van der Waals surface area (Å²) in [6.07, 6.45) is 5.53. The first-order valence-corrected chi connectivity index (χ1v) is 10.1. The Morgan fingerprint density at radius 1 is 0.806 bits per heavy atom. The minimum Gasteiger partial charge on any atom is -0.417 e. The summed E-state index contributed by atoms with van der Waals surface area (Å²) in [6, 6.07) is 6.20. The molecule has 3 aromatic rings. The van der Waals surface area contributed by atoms with Gasteiger partial charge in [-0.3, -0.25) is 0 Å². The number of unbranched alkanes of at least 4 members (excludes halogenated alkanes) is 4. The first-order chi connectivity index (χ1) is 14.8. The van der Waals surface area contributed by atoms with Crippen LogP contribution in [0, 0.1) is 29.1 Å². The van der Waals surface area contributed by atoms with Gasteiger partial charge in [-0.2, -0.15) is 0 Å². The van der Waals surface area contributed by atoms with Crippen molar-refractivity contribution in [3.63, 3.8) is 0 Å². The molecule has 0 saturated carbocycles. The highest BCUT2D eigenvalue weighted by Gasteiger charge is 2.20. The molecule has 0 spiro atoms. The molecule has 0 aromatic heterocycles. The third-order valence-electron chi connectivity index (χ3n) is 5.03. The van der Waals surface area contributed by atoms with Gasteiger partial charge in [0.05, 0.1) is 5.56 Å². The number of hydrogen-bond acceptors (Lipinski definition) is 2. The topological polar surface area (TPSA) is 26.3 Å². The number of hydrogen-bond donors (Lipinski definition) is 0. The molecule has 2 nitrogen and oxygen atoms in total. The molecule has 0 atom stereocenters. The fourth-order valence-electron chi connectivity index (χ4n) is 3.37. The van der Waals surface area contributed by atoms with Crippen molar-refractivity contribution in [3.8, 4) is 5.75 Å². The Hall–Kier alpha value is -2.96. The number of halogens is 5. The largest absolute Gasteiger partial charge is 0.417 e. The summed E-state index contributed by atoms with van der Waals surface area (Å²) >= 11 is 0. The monoisotopic (exact) mass is 436 g/mol. The molecule has 3 aromatic carbocycles. The number of rotatable bonds is 8. The quantitative estimate of drug-likeness (QED) is 0.122. The molecule has 164 valence electrons. The fraction of sp³-hybridized carbons (Fsp3) is 0.292. The summed E-state index contributed by atoms with van der Waals surface area (Å²) in [6.45, 7) is 2.10. The predicted molar refractivity (Wildman–Crippen MR) is 108 cm³/mol. The average Bonchev–Trinajstić information content (AvgIpc) is 2.74. The summed E-state index contributed by atoms with van der Waals surface area (Å²) < 4.78 is 74.2. The van der Waals surface area contributed by atoms with E-state index < -0.39 is 40.8 Å². The van der Waals surface area contributed by atoms with Crippen molar-refractivity contribution >= 4 is 16.7 Å². The normalized spacial score (nSPS) is 11.2. The van der Waals surface area contributed by atoms with E-state index in [1.54, 1.807) is 0 Å². The van der Waals surface area contributed by atoms with Gasteiger partial charge in [-0.15, -0.1) is 0 Å². The van der Waals surface area contributed by atoms with Crippen LogP contribution in [0.1, 0.15) is 54.9 Å². The standard InChI is InChI=1S/C24H21F5O2/c1-2-3-4-5-6-7-14-10-19(26)23(20(27)11-14)31-24(30)15-8-9-17-16(12-15)13-18(25)22(29)21(17)28/h8-13H,2-7H2,1H3. The predicted octanol–water partition coefficient (Wildman–Crippen LogP) is 7.27.